The van der Waals surface area contributed by atoms with Gasteiger partial charge in [-0.1, -0.05) is 24.3 Å². The molecule has 0 unspecified atom stereocenters. The molecule has 15 nitrogen and oxygen atoms in total. The Hall–Kier alpha value is -3.51. The van der Waals surface area contributed by atoms with E-state index < -0.39 is 10.0 Å². The molecular weight excluding hydrogens is 668 g/mol. The second-order valence-corrected chi connectivity index (χ2v) is 13.1. The lowest BCUT2D eigenvalue weighted by atomic mass is 10.1. The zero-order valence-electron chi connectivity index (χ0n) is 29.0. The number of urea groups is 2. The summed E-state index contributed by atoms with van der Waals surface area (Å²) >= 11 is 0. The number of fused-ring (bicyclic) bond motifs is 1. The van der Waals surface area contributed by atoms with Gasteiger partial charge in [0.15, 0.2) is 0 Å². The van der Waals surface area contributed by atoms with Gasteiger partial charge >= 0.3 is 12.1 Å². The number of hydrogen-bond acceptors (Lipinski definition) is 10. The van der Waals surface area contributed by atoms with Crippen LogP contribution in [-0.2, 0) is 35.4 Å². The summed E-state index contributed by atoms with van der Waals surface area (Å²) in [6.45, 7) is 5.79. The van der Waals surface area contributed by atoms with Crippen LogP contribution in [0.2, 0.25) is 0 Å². The molecule has 50 heavy (non-hydrogen) atoms. The van der Waals surface area contributed by atoms with Crippen LogP contribution < -0.4 is 36.0 Å². The molecule has 0 fully saturated rings. The molecule has 2 aromatic rings. The number of likely N-dealkylation sites (N-methyl/N-ethyl adjacent to an activating group) is 1. The van der Waals surface area contributed by atoms with Crippen molar-refractivity contribution in [3.63, 3.8) is 0 Å². The molecule has 280 valence electrons. The van der Waals surface area contributed by atoms with E-state index in [0.29, 0.717) is 78.0 Å². The summed E-state index contributed by atoms with van der Waals surface area (Å²) in [6, 6.07) is 14.1. The number of nitrogens with one attached hydrogen (secondary N) is 6. The van der Waals surface area contributed by atoms with Crippen LogP contribution in [0.1, 0.15) is 36.5 Å². The molecule has 0 spiro atoms. The number of carbonyl (C=O) groups excluding carboxylic acids is 2. The van der Waals surface area contributed by atoms with Crippen molar-refractivity contribution in [2.45, 2.75) is 36.7 Å². The van der Waals surface area contributed by atoms with Crippen molar-refractivity contribution in [3.05, 3.63) is 59.7 Å². The number of amides is 4. The lowest BCUT2D eigenvalue weighted by Gasteiger charge is -2.15. The zero-order chi connectivity index (χ0) is 35.7. The van der Waals surface area contributed by atoms with E-state index in [4.69, 9.17) is 23.7 Å². The molecule has 1 atom stereocenters. The summed E-state index contributed by atoms with van der Waals surface area (Å²) in [5, 5.41) is 13.9. The van der Waals surface area contributed by atoms with E-state index in [1.165, 1.54) is 23.3 Å². The first-order valence-electron chi connectivity index (χ1n) is 17.2. The smallest absolute Gasteiger partial charge is 0.314 e. The number of rotatable bonds is 27. The lowest BCUT2D eigenvalue weighted by molar-refractivity contribution is 0.0509. The zero-order valence-corrected chi connectivity index (χ0v) is 29.8. The van der Waals surface area contributed by atoms with Gasteiger partial charge in [0.1, 0.15) is 11.9 Å². The van der Waals surface area contributed by atoms with E-state index in [1.807, 2.05) is 19.2 Å². The number of unbranched alkanes of at least 4 members (excludes halogenated alkanes) is 1. The van der Waals surface area contributed by atoms with Crippen molar-refractivity contribution in [2.24, 2.45) is 0 Å². The topological polar surface area (TPSA) is 187 Å². The fourth-order valence-corrected chi connectivity index (χ4v) is 5.92. The average Bonchev–Trinajstić information content (AvgIpc) is 3.52. The van der Waals surface area contributed by atoms with Gasteiger partial charge in [-0.3, -0.25) is 0 Å². The van der Waals surface area contributed by atoms with Crippen LogP contribution in [0.5, 0.6) is 5.75 Å². The molecule has 0 saturated carbocycles. The summed E-state index contributed by atoms with van der Waals surface area (Å²) in [4.78, 5) is 23.8. The molecule has 0 aliphatic heterocycles. The molecule has 1 aliphatic carbocycles. The van der Waals surface area contributed by atoms with Crippen LogP contribution in [-0.4, -0.2) is 120 Å². The van der Waals surface area contributed by atoms with Gasteiger partial charge in [-0.05, 0) is 68.1 Å². The van der Waals surface area contributed by atoms with Crippen molar-refractivity contribution in [1.82, 2.24) is 31.3 Å². The first-order chi connectivity index (χ1) is 24.4. The van der Waals surface area contributed by atoms with Gasteiger partial charge in [0.05, 0.1) is 57.8 Å². The van der Waals surface area contributed by atoms with Crippen LogP contribution >= 0.6 is 0 Å². The summed E-state index contributed by atoms with van der Waals surface area (Å²) in [5.74, 6) is 0.629. The fourth-order valence-electron chi connectivity index (χ4n) is 4.90. The second-order valence-electron chi connectivity index (χ2n) is 11.3. The Balaban J connectivity index is 1.08. The summed E-state index contributed by atoms with van der Waals surface area (Å²) in [6.07, 6.45) is 3.28. The standard InChI is InChI=1S/C34H54N6O9S/c1-35-16-20-45-24-25-46-21-17-38-33(41)36-14-4-5-15-37-34(42)39-18-22-47-26-27-48-23-19-40-50(43,44)30-11-9-29(10-12-30)49-32-13-8-28-6-2-3-7-31(28)32/h2-3,6-7,9-12,32,35,40H,4-5,8,13-27H2,1H3,(H2,36,38,41)(H2,37,39,42)/t32-/m1/s1. The Morgan fingerprint density at radius 3 is 1.76 bits per heavy atom. The summed E-state index contributed by atoms with van der Waals surface area (Å²) in [5.41, 5.74) is 2.48. The maximum Gasteiger partial charge on any atom is 0.314 e. The third-order valence-corrected chi connectivity index (χ3v) is 8.98. The number of ether oxygens (including phenoxy) is 5. The van der Waals surface area contributed by atoms with E-state index in [1.54, 1.807) is 12.1 Å². The highest BCUT2D eigenvalue weighted by Gasteiger charge is 2.23. The van der Waals surface area contributed by atoms with Crippen molar-refractivity contribution in [2.75, 3.05) is 99.2 Å². The van der Waals surface area contributed by atoms with Crippen molar-refractivity contribution in [3.8, 4) is 5.75 Å². The second kappa shape index (κ2) is 24.6. The normalized spacial score (nSPS) is 13.8. The first-order valence-corrected chi connectivity index (χ1v) is 18.7. The van der Waals surface area contributed by atoms with E-state index in [9.17, 15) is 18.0 Å². The maximum atomic E-state index is 12.6. The highest BCUT2D eigenvalue weighted by Crippen LogP contribution is 2.34. The lowest BCUT2D eigenvalue weighted by Crippen LogP contribution is -2.39. The van der Waals surface area contributed by atoms with Gasteiger partial charge in [0, 0.05) is 39.3 Å². The molecule has 0 saturated heterocycles. The Morgan fingerprint density at radius 2 is 1.18 bits per heavy atom. The van der Waals surface area contributed by atoms with Gasteiger partial charge < -0.3 is 50.3 Å². The molecule has 0 aromatic heterocycles. The maximum absolute atomic E-state index is 12.6. The monoisotopic (exact) mass is 722 g/mol. The van der Waals surface area contributed by atoms with Gasteiger partial charge in [0.25, 0.3) is 0 Å². The van der Waals surface area contributed by atoms with Crippen molar-refractivity contribution >= 4 is 22.1 Å². The van der Waals surface area contributed by atoms with Crippen molar-refractivity contribution < 1.29 is 41.7 Å². The summed E-state index contributed by atoms with van der Waals surface area (Å²) in [7, 11) is -1.81. The van der Waals surface area contributed by atoms with E-state index in [2.05, 4.69) is 43.4 Å². The molecule has 3 rings (SSSR count). The third-order valence-electron chi connectivity index (χ3n) is 7.51. The third kappa shape index (κ3) is 16.9. The van der Waals surface area contributed by atoms with Gasteiger partial charge in [0.2, 0.25) is 10.0 Å². The fraction of sp³-hybridized carbons (Fsp3) is 0.588. The minimum atomic E-state index is -3.68. The molecule has 0 bridgehead atoms. The number of aryl methyl sites for hydroxylation is 1. The van der Waals surface area contributed by atoms with Gasteiger partial charge in [-0.25, -0.2) is 22.7 Å². The molecule has 1 aliphatic rings. The minimum Gasteiger partial charge on any atom is -0.486 e. The average molecular weight is 723 g/mol. The van der Waals surface area contributed by atoms with Crippen LogP contribution in [0.4, 0.5) is 9.59 Å². The molecule has 16 heteroatoms. The number of sulfonamides is 1. The van der Waals surface area contributed by atoms with Crippen LogP contribution in [0.3, 0.4) is 0 Å². The van der Waals surface area contributed by atoms with Crippen LogP contribution in [0.25, 0.3) is 0 Å². The van der Waals surface area contributed by atoms with E-state index >= 15 is 0 Å². The molecule has 0 heterocycles. The Labute approximate surface area is 295 Å². The number of benzene rings is 2. The molecular formula is C34H54N6O9S. The quantitative estimate of drug-likeness (QED) is 0.0742. The van der Waals surface area contributed by atoms with Crippen LogP contribution in [0, 0.1) is 0 Å². The Kier molecular flexibility index (Phi) is 20.1. The van der Waals surface area contributed by atoms with Gasteiger partial charge in [-0.15, -0.1) is 0 Å². The molecule has 0 radical (unpaired) electrons. The number of hydrogen-bond donors (Lipinski definition) is 6. The predicted octanol–water partition coefficient (Wildman–Crippen LogP) is 1.70. The number of carbonyl (C=O) groups is 2. The minimum absolute atomic E-state index is 0.0243. The molecule has 2 aromatic carbocycles. The highest BCUT2D eigenvalue weighted by molar-refractivity contribution is 7.89. The Bertz CT molecular complexity index is 1350. The summed E-state index contributed by atoms with van der Waals surface area (Å²) < 4.78 is 55.5. The van der Waals surface area contributed by atoms with Crippen LogP contribution in [0.15, 0.2) is 53.4 Å². The van der Waals surface area contributed by atoms with E-state index in [-0.39, 0.29) is 42.8 Å². The largest absolute Gasteiger partial charge is 0.486 e. The van der Waals surface area contributed by atoms with Crippen molar-refractivity contribution in [1.29, 1.82) is 0 Å². The highest BCUT2D eigenvalue weighted by atomic mass is 32.2. The SMILES string of the molecule is CNCCOCCOCCNC(=O)NCCCCNC(=O)NCCOCCOCCNS(=O)(=O)c1ccc(O[C@@H]2CCc3ccccc32)cc1. The molecule has 4 amide bonds. The molecule has 6 N–H and O–H groups in total. The van der Waals surface area contributed by atoms with Gasteiger partial charge in [-0.2, -0.15) is 0 Å². The predicted molar refractivity (Wildman–Crippen MR) is 189 cm³/mol. The van der Waals surface area contributed by atoms with E-state index in [0.717, 1.165) is 25.8 Å². The first kappa shape index (κ1) is 40.9. The Morgan fingerprint density at radius 1 is 0.660 bits per heavy atom.